The van der Waals surface area contributed by atoms with Gasteiger partial charge in [0.15, 0.2) is 6.10 Å². The molecule has 0 fully saturated rings. The van der Waals surface area contributed by atoms with Crippen LogP contribution in [0.3, 0.4) is 0 Å². The largest absolute Gasteiger partial charge is 0.449 e. The molecule has 4 rings (SSSR count). The molecular formula is C21H18N4O4. The lowest BCUT2D eigenvalue weighted by Crippen LogP contribution is -2.30. The van der Waals surface area contributed by atoms with Gasteiger partial charge >= 0.3 is 11.7 Å². The van der Waals surface area contributed by atoms with Crippen molar-refractivity contribution in [1.82, 2.24) is 15.0 Å². The molecule has 0 aliphatic carbocycles. The number of imidazole rings is 1. The van der Waals surface area contributed by atoms with E-state index in [4.69, 9.17) is 4.74 Å². The highest BCUT2D eigenvalue weighted by Crippen LogP contribution is 2.20. The first-order chi connectivity index (χ1) is 13.9. The maximum atomic E-state index is 12.7. The Hall–Kier alpha value is -3.94. The summed E-state index contributed by atoms with van der Waals surface area (Å²) in [4.78, 5) is 46.1. The Morgan fingerprint density at radius 3 is 2.66 bits per heavy atom. The van der Waals surface area contributed by atoms with Gasteiger partial charge in [-0.15, -0.1) is 0 Å². The first-order valence-electron chi connectivity index (χ1n) is 9.01. The molecule has 8 nitrogen and oxygen atoms in total. The first kappa shape index (κ1) is 18.4. The van der Waals surface area contributed by atoms with Crippen molar-refractivity contribution in [3.63, 3.8) is 0 Å². The van der Waals surface area contributed by atoms with Crippen LogP contribution in [-0.2, 0) is 9.53 Å². The molecule has 0 saturated heterocycles. The van der Waals surface area contributed by atoms with Crippen molar-refractivity contribution >= 4 is 39.5 Å². The third-order valence-corrected chi connectivity index (χ3v) is 4.50. The van der Waals surface area contributed by atoms with Crippen molar-refractivity contribution in [2.75, 3.05) is 5.32 Å². The van der Waals surface area contributed by atoms with Gasteiger partial charge in [0, 0.05) is 16.8 Å². The predicted octanol–water partition coefficient (Wildman–Crippen LogP) is 2.90. The number of hydrogen-bond donors (Lipinski definition) is 3. The second-order valence-electron chi connectivity index (χ2n) is 6.70. The number of rotatable bonds is 4. The van der Waals surface area contributed by atoms with E-state index in [1.165, 1.54) is 6.92 Å². The van der Waals surface area contributed by atoms with E-state index in [1.807, 2.05) is 18.2 Å². The van der Waals surface area contributed by atoms with Gasteiger partial charge in [-0.2, -0.15) is 0 Å². The second kappa shape index (κ2) is 7.23. The van der Waals surface area contributed by atoms with Gasteiger partial charge in [0.2, 0.25) is 0 Å². The van der Waals surface area contributed by atoms with Crippen LogP contribution >= 0.6 is 0 Å². The number of pyridine rings is 1. The van der Waals surface area contributed by atoms with Gasteiger partial charge in [-0.25, -0.2) is 9.59 Å². The molecule has 0 bridgehead atoms. The summed E-state index contributed by atoms with van der Waals surface area (Å²) in [6.45, 7) is 3.29. The Bertz CT molecular complexity index is 1310. The van der Waals surface area contributed by atoms with E-state index in [2.05, 4.69) is 20.3 Å². The number of para-hydroxylation sites is 1. The lowest BCUT2D eigenvalue weighted by Gasteiger charge is -2.14. The summed E-state index contributed by atoms with van der Waals surface area (Å²) in [5, 5.41) is 3.35. The van der Waals surface area contributed by atoms with Crippen molar-refractivity contribution in [3.8, 4) is 0 Å². The third-order valence-electron chi connectivity index (χ3n) is 4.50. The fraction of sp³-hybridized carbons (Fsp3) is 0.143. The van der Waals surface area contributed by atoms with Gasteiger partial charge in [0.25, 0.3) is 5.91 Å². The smallest absolute Gasteiger partial charge is 0.339 e. The Morgan fingerprint density at radius 2 is 1.83 bits per heavy atom. The number of H-pyrrole nitrogens is 2. The minimum atomic E-state index is -1.02. The predicted molar refractivity (Wildman–Crippen MR) is 109 cm³/mol. The van der Waals surface area contributed by atoms with E-state index in [-0.39, 0.29) is 5.69 Å². The van der Waals surface area contributed by atoms with Gasteiger partial charge in [0.05, 0.1) is 22.1 Å². The number of anilines is 1. The number of carbonyl (C=O) groups excluding carboxylic acids is 2. The number of carbonyl (C=O) groups is 2. The van der Waals surface area contributed by atoms with Gasteiger partial charge in [-0.05, 0) is 44.2 Å². The number of amides is 1. The third kappa shape index (κ3) is 3.73. The number of nitrogens with zero attached hydrogens (tertiary/aromatic N) is 1. The van der Waals surface area contributed by atoms with Crippen molar-refractivity contribution in [2.45, 2.75) is 20.0 Å². The lowest BCUT2D eigenvalue weighted by atomic mass is 10.1. The monoisotopic (exact) mass is 390 g/mol. The summed E-state index contributed by atoms with van der Waals surface area (Å²) in [6, 6.07) is 13.9. The average Bonchev–Trinajstić information content (AvgIpc) is 3.06. The number of aryl methyl sites for hydroxylation is 1. The fourth-order valence-corrected chi connectivity index (χ4v) is 3.11. The number of fused-ring (bicyclic) bond motifs is 2. The lowest BCUT2D eigenvalue weighted by molar-refractivity contribution is -0.123. The van der Waals surface area contributed by atoms with Crippen LogP contribution in [0.1, 0.15) is 23.0 Å². The molecule has 29 heavy (non-hydrogen) atoms. The molecule has 0 radical (unpaired) electrons. The molecule has 0 saturated carbocycles. The van der Waals surface area contributed by atoms with E-state index >= 15 is 0 Å². The molecule has 2 aromatic carbocycles. The van der Waals surface area contributed by atoms with Crippen LogP contribution in [0.2, 0.25) is 0 Å². The highest BCUT2D eigenvalue weighted by atomic mass is 16.5. The summed E-state index contributed by atoms with van der Waals surface area (Å²) in [6.07, 6.45) is -1.02. The van der Waals surface area contributed by atoms with E-state index in [0.29, 0.717) is 38.9 Å². The van der Waals surface area contributed by atoms with Crippen molar-refractivity contribution in [1.29, 1.82) is 0 Å². The molecule has 4 aromatic rings. The van der Waals surface area contributed by atoms with Crippen LogP contribution in [0.25, 0.3) is 21.9 Å². The molecule has 2 aromatic heterocycles. The molecule has 1 atom stereocenters. The topological polar surface area (TPSA) is 117 Å². The molecule has 0 aliphatic rings. The zero-order chi connectivity index (χ0) is 20.5. The van der Waals surface area contributed by atoms with Crippen LogP contribution in [0.15, 0.2) is 53.3 Å². The molecule has 146 valence electrons. The number of aromatic amines is 2. The summed E-state index contributed by atoms with van der Waals surface area (Å²) in [5.41, 5.74) is 3.08. The fourth-order valence-electron chi connectivity index (χ4n) is 3.11. The second-order valence-corrected chi connectivity index (χ2v) is 6.70. The number of nitrogens with one attached hydrogen (secondary N) is 3. The zero-order valence-electron chi connectivity index (χ0n) is 15.8. The van der Waals surface area contributed by atoms with Crippen molar-refractivity contribution < 1.29 is 14.3 Å². The van der Waals surface area contributed by atoms with E-state index in [9.17, 15) is 14.4 Å². The van der Waals surface area contributed by atoms with Gasteiger partial charge in [-0.1, -0.05) is 18.2 Å². The Kier molecular flexibility index (Phi) is 4.59. The Labute approximate surface area is 164 Å². The number of aromatic nitrogens is 3. The number of benzene rings is 2. The summed E-state index contributed by atoms with van der Waals surface area (Å²) >= 11 is 0. The highest BCUT2D eigenvalue weighted by molar-refractivity contribution is 6.05. The molecule has 2 heterocycles. The summed E-state index contributed by atoms with van der Waals surface area (Å²) in [7, 11) is 0. The summed E-state index contributed by atoms with van der Waals surface area (Å²) in [5.74, 6) is -1.08. The van der Waals surface area contributed by atoms with Gasteiger partial charge < -0.3 is 20.0 Å². The molecule has 8 heteroatoms. The number of hydrogen-bond acceptors (Lipinski definition) is 5. The SMILES string of the molecule is Cc1cc(C(=O)O[C@@H](C)C(=O)Nc2ccc3[nH]c(=O)[nH]c3c2)c2ccccc2n1. The van der Waals surface area contributed by atoms with E-state index in [0.717, 1.165) is 0 Å². The Morgan fingerprint density at radius 1 is 1.07 bits per heavy atom. The minimum absolute atomic E-state index is 0.328. The van der Waals surface area contributed by atoms with E-state index < -0.39 is 18.0 Å². The van der Waals surface area contributed by atoms with Crippen LogP contribution in [0, 0.1) is 6.92 Å². The van der Waals surface area contributed by atoms with Crippen molar-refractivity contribution in [2.24, 2.45) is 0 Å². The Balaban J connectivity index is 1.51. The zero-order valence-corrected chi connectivity index (χ0v) is 15.8. The van der Waals surface area contributed by atoms with Gasteiger partial charge in [0.1, 0.15) is 0 Å². The average molecular weight is 390 g/mol. The quantitative estimate of drug-likeness (QED) is 0.463. The van der Waals surface area contributed by atoms with Crippen LogP contribution < -0.4 is 11.0 Å². The van der Waals surface area contributed by atoms with Crippen LogP contribution in [0.5, 0.6) is 0 Å². The first-order valence-corrected chi connectivity index (χ1v) is 9.01. The van der Waals surface area contributed by atoms with Gasteiger partial charge in [-0.3, -0.25) is 9.78 Å². The summed E-state index contributed by atoms with van der Waals surface area (Å²) < 4.78 is 5.38. The molecule has 0 aliphatic heterocycles. The standard InChI is InChI=1S/C21H18N4O4/c1-11-9-15(14-5-3-4-6-16(14)22-11)20(27)29-12(2)19(26)23-13-7-8-17-18(10-13)25-21(28)24-17/h3-10,12H,1-2H3,(H,23,26)(H2,24,25,28)/t12-/m0/s1. The number of esters is 1. The van der Waals surface area contributed by atoms with Crippen LogP contribution in [-0.4, -0.2) is 32.9 Å². The molecular weight excluding hydrogens is 372 g/mol. The maximum absolute atomic E-state index is 12.7. The molecule has 0 spiro atoms. The maximum Gasteiger partial charge on any atom is 0.339 e. The normalized spacial score (nSPS) is 12.1. The number of ether oxygens (including phenoxy) is 1. The molecule has 3 N–H and O–H groups in total. The van der Waals surface area contributed by atoms with Crippen LogP contribution in [0.4, 0.5) is 5.69 Å². The highest BCUT2D eigenvalue weighted by Gasteiger charge is 2.21. The van der Waals surface area contributed by atoms with E-state index in [1.54, 1.807) is 37.3 Å². The molecule has 1 amide bonds. The molecule has 0 unspecified atom stereocenters. The van der Waals surface area contributed by atoms with Crippen molar-refractivity contribution in [3.05, 3.63) is 70.3 Å². The minimum Gasteiger partial charge on any atom is -0.449 e.